The number of halogens is 2. The molecule has 1 amide bonds. The van der Waals surface area contributed by atoms with E-state index in [1.54, 1.807) is 48.5 Å². The second kappa shape index (κ2) is 11.2. The molecule has 0 saturated heterocycles. The minimum Gasteiger partial charge on any atom is -0.318 e. The fourth-order valence-corrected chi connectivity index (χ4v) is 5.75. The molecule has 0 aliphatic carbocycles. The number of carbonyl (C=O) groups is 1. The second-order valence-corrected chi connectivity index (χ2v) is 10.8. The SMILES string of the molecule is Cc1cc(/C=N/NC(=O)CN(c2ccccn2)S(=O)(=O)c2ccccc2)c(C)n1-c1cc(Cl)cc(Cl)c1. The summed E-state index contributed by atoms with van der Waals surface area (Å²) < 4.78 is 29.5. The third kappa shape index (κ3) is 6.02. The molecule has 190 valence electrons. The van der Waals surface area contributed by atoms with Crippen LogP contribution in [0.5, 0.6) is 0 Å². The molecule has 2 heterocycles. The van der Waals surface area contributed by atoms with Crippen LogP contribution in [0, 0.1) is 13.8 Å². The molecule has 0 bridgehead atoms. The maximum atomic E-state index is 13.3. The summed E-state index contributed by atoms with van der Waals surface area (Å²) in [6.07, 6.45) is 2.96. The lowest BCUT2D eigenvalue weighted by atomic mass is 10.2. The Labute approximate surface area is 225 Å². The molecular weight excluding hydrogens is 533 g/mol. The minimum atomic E-state index is -4.04. The van der Waals surface area contributed by atoms with E-state index < -0.39 is 22.5 Å². The summed E-state index contributed by atoms with van der Waals surface area (Å²) in [5, 5.41) is 5.08. The van der Waals surface area contributed by atoms with Gasteiger partial charge in [-0.1, -0.05) is 47.5 Å². The number of nitrogens with one attached hydrogen (secondary N) is 1. The number of sulfonamides is 1. The molecule has 1 N–H and O–H groups in total. The maximum absolute atomic E-state index is 13.3. The van der Waals surface area contributed by atoms with Crippen molar-refractivity contribution < 1.29 is 13.2 Å². The van der Waals surface area contributed by atoms with E-state index in [1.807, 2.05) is 24.5 Å². The van der Waals surface area contributed by atoms with Gasteiger partial charge in [0.15, 0.2) is 0 Å². The van der Waals surface area contributed by atoms with Crippen molar-refractivity contribution in [1.82, 2.24) is 15.0 Å². The Morgan fingerprint density at radius 2 is 1.70 bits per heavy atom. The topological polar surface area (TPSA) is 96.7 Å². The molecule has 0 fully saturated rings. The number of aromatic nitrogens is 2. The van der Waals surface area contributed by atoms with Gasteiger partial charge in [0.25, 0.3) is 15.9 Å². The highest BCUT2D eigenvalue weighted by Crippen LogP contribution is 2.26. The van der Waals surface area contributed by atoms with Crippen molar-refractivity contribution in [1.29, 1.82) is 0 Å². The zero-order valence-corrected chi connectivity index (χ0v) is 22.3. The number of amides is 1. The fraction of sp³-hybridized carbons (Fsp3) is 0.115. The monoisotopic (exact) mass is 555 g/mol. The van der Waals surface area contributed by atoms with E-state index in [1.165, 1.54) is 30.6 Å². The summed E-state index contributed by atoms with van der Waals surface area (Å²) in [6, 6.07) is 19.9. The van der Waals surface area contributed by atoms with E-state index in [-0.39, 0.29) is 10.7 Å². The average Bonchev–Trinajstić information content (AvgIpc) is 3.15. The third-order valence-electron chi connectivity index (χ3n) is 5.49. The highest BCUT2D eigenvalue weighted by Gasteiger charge is 2.27. The Kier molecular flexibility index (Phi) is 7.97. The average molecular weight is 556 g/mol. The van der Waals surface area contributed by atoms with Crippen LogP contribution in [-0.2, 0) is 14.8 Å². The van der Waals surface area contributed by atoms with E-state index in [9.17, 15) is 13.2 Å². The first-order valence-corrected chi connectivity index (χ1v) is 13.3. The lowest BCUT2D eigenvalue weighted by molar-refractivity contribution is -0.119. The van der Waals surface area contributed by atoms with Crippen LogP contribution in [0.4, 0.5) is 5.82 Å². The number of hydrogen-bond donors (Lipinski definition) is 1. The van der Waals surface area contributed by atoms with E-state index in [2.05, 4.69) is 15.5 Å². The Morgan fingerprint density at radius 3 is 2.35 bits per heavy atom. The van der Waals surface area contributed by atoms with E-state index in [4.69, 9.17) is 23.2 Å². The maximum Gasteiger partial charge on any atom is 0.265 e. The van der Waals surface area contributed by atoms with Gasteiger partial charge in [-0.2, -0.15) is 5.10 Å². The largest absolute Gasteiger partial charge is 0.318 e. The molecule has 0 atom stereocenters. The number of hydrazone groups is 1. The van der Waals surface area contributed by atoms with Gasteiger partial charge in [-0.15, -0.1) is 0 Å². The van der Waals surface area contributed by atoms with Crippen LogP contribution in [0.25, 0.3) is 5.69 Å². The zero-order chi connectivity index (χ0) is 26.6. The molecule has 0 spiro atoms. The molecule has 37 heavy (non-hydrogen) atoms. The van der Waals surface area contributed by atoms with Crippen LogP contribution in [0.15, 0.2) is 89.0 Å². The first-order valence-electron chi connectivity index (χ1n) is 11.1. The van der Waals surface area contributed by atoms with Crippen molar-refractivity contribution in [2.75, 3.05) is 10.8 Å². The van der Waals surface area contributed by atoms with E-state index in [0.717, 1.165) is 26.9 Å². The van der Waals surface area contributed by atoms with Gasteiger partial charge >= 0.3 is 0 Å². The zero-order valence-electron chi connectivity index (χ0n) is 20.0. The van der Waals surface area contributed by atoms with Crippen molar-refractivity contribution in [3.05, 3.63) is 106 Å². The summed E-state index contributed by atoms with van der Waals surface area (Å²) in [7, 11) is -4.04. The highest BCUT2D eigenvalue weighted by atomic mass is 35.5. The number of rotatable bonds is 8. The number of aryl methyl sites for hydroxylation is 1. The fourth-order valence-electron chi connectivity index (χ4n) is 3.83. The Balaban J connectivity index is 1.54. The standard InChI is InChI=1S/C26H23Cl2N5O3S/c1-18-12-20(19(2)33(18)23-14-21(27)13-22(28)15-23)16-30-31-26(34)17-32(25-10-6-7-11-29-25)37(35,36)24-8-4-3-5-9-24/h3-16H,17H2,1-2H3,(H,31,34)/b30-16+. The molecule has 4 rings (SSSR count). The van der Waals surface area contributed by atoms with Gasteiger partial charge in [-0.05, 0) is 62.4 Å². The van der Waals surface area contributed by atoms with E-state index >= 15 is 0 Å². The van der Waals surface area contributed by atoms with Crippen LogP contribution in [0.3, 0.4) is 0 Å². The quantitative estimate of drug-likeness (QED) is 0.240. The molecule has 0 aliphatic rings. The molecule has 8 nitrogen and oxygen atoms in total. The van der Waals surface area contributed by atoms with Crippen LogP contribution in [0.2, 0.25) is 10.0 Å². The van der Waals surface area contributed by atoms with Crippen molar-refractivity contribution >= 4 is 51.2 Å². The lowest BCUT2D eigenvalue weighted by Crippen LogP contribution is -2.40. The summed E-state index contributed by atoms with van der Waals surface area (Å²) in [6.45, 7) is 3.32. The predicted octanol–water partition coefficient (Wildman–Crippen LogP) is 5.14. The Bertz CT molecular complexity index is 1540. The Hall–Kier alpha value is -3.66. The van der Waals surface area contributed by atoms with Crippen molar-refractivity contribution in [2.45, 2.75) is 18.7 Å². The summed E-state index contributed by atoms with van der Waals surface area (Å²) in [5.41, 5.74) is 5.74. The van der Waals surface area contributed by atoms with E-state index in [0.29, 0.717) is 10.0 Å². The van der Waals surface area contributed by atoms with Gasteiger partial charge in [0.2, 0.25) is 0 Å². The highest BCUT2D eigenvalue weighted by molar-refractivity contribution is 7.92. The van der Waals surface area contributed by atoms with Crippen LogP contribution < -0.4 is 9.73 Å². The molecular formula is C26H23Cl2N5O3S. The Morgan fingerprint density at radius 1 is 1.03 bits per heavy atom. The first kappa shape index (κ1) is 26.4. The molecule has 2 aromatic heterocycles. The lowest BCUT2D eigenvalue weighted by Gasteiger charge is -2.22. The smallest absolute Gasteiger partial charge is 0.265 e. The molecule has 0 saturated carbocycles. The van der Waals surface area contributed by atoms with Gasteiger partial charge in [-0.25, -0.2) is 23.1 Å². The van der Waals surface area contributed by atoms with Gasteiger partial charge in [0, 0.05) is 38.9 Å². The molecule has 0 radical (unpaired) electrons. The normalized spacial score (nSPS) is 11.6. The number of pyridine rings is 1. The first-order chi connectivity index (χ1) is 17.7. The predicted molar refractivity (Wildman–Crippen MR) is 146 cm³/mol. The van der Waals surface area contributed by atoms with Crippen LogP contribution in [-0.4, -0.2) is 36.6 Å². The number of carbonyl (C=O) groups excluding carboxylic acids is 1. The van der Waals surface area contributed by atoms with Crippen LogP contribution in [0.1, 0.15) is 17.0 Å². The number of benzene rings is 2. The summed E-state index contributed by atoms with van der Waals surface area (Å²) in [4.78, 5) is 16.9. The molecule has 0 aliphatic heterocycles. The van der Waals surface area contributed by atoms with Gasteiger partial charge in [-0.3, -0.25) is 4.79 Å². The number of hydrogen-bond acceptors (Lipinski definition) is 5. The van der Waals surface area contributed by atoms with Gasteiger partial charge in [0.05, 0.1) is 11.1 Å². The van der Waals surface area contributed by atoms with Crippen molar-refractivity contribution in [2.24, 2.45) is 5.10 Å². The number of nitrogens with zero attached hydrogens (tertiary/aromatic N) is 4. The molecule has 4 aromatic rings. The van der Waals surface area contributed by atoms with Crippen molar-refractivity contribution in [3.8, 4) is 5.69 Å². The van der Waals surface area contributed by atoms with Crippen molar-refractivity contribution in [3.63, 3.8) is 0 Å². The minimum absolute atomic E-state index is 0.0468. The van der Waals surface area contributed by atoms with Gasteiger partial charge < -0.3 is 4.57 Å². The van der Waals surface area contributed by atoms with Gasteiger partial charge in [0.1, 0.15) is 12.4 Å². The van der Waals surface area contributed by atoms with Crippen LogP contribution >= 0.6 is 23.2 Å². The summed E-state index contributed by atoms with van der Waals surface area (Å²) >= 11 is 12.3. The molecule has 2 aromatic carbocycles. The number of anilines is 1. The second-order valence-electron chi connectivity index (χ2n) is 8.10. The summed E-state index contributed by atoms with van der Waals surface area (Å²) in [5.74, 6) is -0.508. The molecule has 11 heteroatoms. The third-order valence-corrected chi connectivity index (χ3v) is 7.69. The molecule has 0 unspecified atom stereocenters.